The SMILES string of the molecule is Cc1ccc(CNC(=O)[C@H]2CC(=O)N(CCc3ccc(F)cc3)C2)cc1. The van der Waals surface area contributed by atoms with E-state index in [1.807, 2.05) is 31.2 Å². The van der Waals surface area contributed by atoms with Crippen LogP contribution in [0.5, 0.6) is 0 Å². The minimum atomic E-state index is -0.304. The Labute approximate surface area is 153 Å². The number of aryl methyl sites for hydroxylation is 1. The van der Waals surface area contributed by atoms with Gasteiger partial charge in [-0.3, -0.25) is 9.59 Å². The van der Waals surface area contributed by atoms with Gasteiger partial charge in [-0.1, -0.05) is 42.0 Å². The van der Waals surface area contributed by atoms with Gasteiger partial charge in [0.25, 0.3) is 0 Å². The lowest BCUT2D eigenvalue weighted by Crippen LogP contribution is -2.33. The summed E-state index contributed by atoms with van der Waals surface area (Å²) in [5.74, 6) is -0.650. The maximum absolute atomic E-state index is 12.9. The minimum absolute atomic E-state index is 0.00241. The second kappa shape index (κ2) is 8.13. The Morgan fingerprint density at radius 3 is 2.46 bits per heavy atom. The number of benzene rings is 2. The van der Waals surface area contributed by atoms with E-state index in [0.717, 1.165) is 11.1 Å². The van der Waals surface area contributed by atoms with Crippen LogP contribution in [0.2, 0.25) is 0 Å². The van der Waals surface area contributed by atoms with Crippen LogP contribution in [0.4, 0.5) is 4.39 Å². The molecule has 0 unspecified atom stereocenters. The molecule has 1 heterocycles. The highest BCUT2D eigenvalue weighted by Gasteiger charge is 2.33. The van der Waals surface area contributed by atoms with Crippen molar-refractivity contribution in [2.24, 2.45) is 5.92 Å². The Morgan fingerprint density at radius 1 is 1.12 bits per heavy atom. The van der Waals surface area contributed by atoms with Crippen LogP contribution in [0.25, 0.3) is 0 Å². The monoisotopic (exact) mass is 354 g/mol. The summed E-state index contributed by atoms with van der Waals surface area (Å²) < 4.78 is 12.9. The van der Waals surface area contributed by atoms with E-state index in [2.05, 4.69) is 5.32 Å². The van der Waals surface area contributed by atoms with Crippen molar-refractivity contribution in [1.82, 2.24) is 10.2 Å². The van der Waals surface area contributed by atoms with Gasteiger partial charge in [0.1, 0.15) is 5.82 Å². The normalized spacial score (nSPS) is 16.8. The fourth-order valence-electron chi connectivity index (χ4n) is 3.12. The van der Waals surface area contributed by atoms with Crippen molar-refractivity contribution >= 4 is 11.8 Å². The number of halogens is 1. The van der Waals surface area contributed by atoms with Crippen molar-refractivity contribution in [1.29, 1.82) is 0 Å². The average molecular weight is 354 g/mol. The van der Waals surface area contributed by atoms with Crippen molar-refractivity contribution < 1.29 is 14.0 Å². The highest BCUT2D eigenvalue weighted by atomic mass is 19.1. The Hall–Kier alpha value is -2.69. The van der Waals surface area contributed by atoms with Crippen LogP contribution in [0, 0.1) is 18.7 Å². The molecule has 2 amide bonds. The minimum Gasteiger partial charge on any atom is -0.352 e. The summed E-state index contributed by atoms with van der Waals surface area (Å²) in [6.07, 6.45) is 0.910. The lowest BCUT2D eigenvalue weighted by Gasteiger charge is -2.16. The first kappa shape index (κ1) is 18.1. The molecule has 3 rings (SSSR count). The van der Waals surface area contributed by atoms with Gasteiger partial charge >= 0.3 is 0 Å². The van der Waals surface area contributed by atoms with Crippen LogP contribution in [0.15, 0.2) is 48.5 Å². The number of likely N-dealkylation sites (tertiary alicyclic amines) is 1. The molecule has 0 spiro atoms. The predicted octanol–water partition coefficient (Wildman–Crippen LogP) is 2.84. The maximum atomic E-state index is 12.9. The molecule has 1 fully saturated rings. The molecule has 4 nitrogen and oxygen atoms in total. The summed E-state index contributed by atoms with van der Waals surface area (Å²) in [4.78, 5) is 26.2. The van der Waals surface area contributed by atoms with Crippen LogP contribution >= 0.6 is 0 Å². The van der Waals surface area contributed by atoms with Crippen molar-refractivity contribution in [3.8, 4) is 0 Å². The van der Waals surface area contributed by atoms with Gasteiger partial charge in [0.05, 0.1) is 5.92 Å². The lowest BCUT2D eigenvalue weighted by atomic mass is 10.1. The zero-order valence-corrected chi connectivity index (χ0v) is 14.9. The Balaban J connectivity index is 1.47. The topological polar surface area (TPSA) is 49.4 Å². The summed E-state index contributed by atoms with van der Waals surface area (Å²) in [5.41, 5.74) is 3.20. The molecule has 2 aromatic rings. The fraction of sp³-hybridized carbons (Fsp3) is 0.333. The van der Waals surface area contributed by atoms with E-state index in [4.69, 9.17) is 0 Å². The van der Waals surface area contributed by atoms with E-state index in [1.54, 1.807) is 17.0 Å². The summed E-state index contributed by atoms with van der Waals surface area (Å²) in [7, 11) is 0. The van der Waals surface area contributed by atoms with E-state index in [9.17, 15) is 14.0 Å². The molecule has 0 bridgehead atoms. The van der Waals surface area contributed by atoms with Gasteiger partial charge in [-0.2, -0.15) is 0 Å². The molecule has 1 N–H and O–H groups in total. The molecule has 26 heavy (non-hydrogen) atoms. The molecule has 0 saturated carbocycles. The highest BCUT2D eigenvalue weighted by molar-refractivity contribution is 5.89. The van der Waals surface area contributed by atoms with Gasteiger partial charge in [0, 0.05) is 26.1 Å². The van der Waals surface area contributed by atoms with Crippen LogP contribution in [0.3, 0.4) is 0 Å². The third-order valence-electron chi connectivity index (χ3n) is 4.76. The molecule has 1 aliphatic heterocycles. The zero-order valence-electron chi connectivity index (χ0n) is 14.9. The number of amides is 2. The molecule has 0 radical (unpaired) electrons. The molecule has 0 aromatic heterocycles. The molecule has 2 aromatic carbocycles. The number of carbonyl (C=O) groups is 2. The quantitative estimate of drug-likeness (QED) is 0.867. The summed E-state index contributed by atoms with van der Waals surface area (Å²) in [5, 5.41) is 2.92. The van der Waals surface area contributed by atoms with Crippen molar-refractivity contribution in [3.63, 3.8) is 0 Å². The standard InChI is InChI=1S/C21H23FN2O2/c1-15-2-4-17(5-3-15)13-23-21(26)18-12-20(25)24(14-18)11-10-16-6-8-19(22)9-7-16/h2-9,18H,10-14H2,1H3,(H,23,26)/t18-/m0/s1. The largest absolute Gasteiger partial charge is 0.352 e. The van der Waals surface area contributed by atoms with E-state index in [1.165, 1.54) is 17.7 Å². The molecule has 1 aliphatic rings. The smallest absolute Gasteiger partial charge is 0.225 e. The van der Waals surface area contributed by atoms with E-state index in [0.29, 0.717) is 26.1 Å². The molecule has 0 aliphatic carbocycles. The Bertz CT molecular complexity index is 772. The number of hydrogen-bond donors (Lipinski definition) is 1. The van der Waals surface area contributed by atoms with Crippen LogP contribution < -0.4 is 5.32 Å². The number of carbonyl (C=O) groups excluding carboxylic acids is 2. The van der Waals surface area contributed by atoms with Crippen LogP contribution in [-0.2, 0) is 22.6 Å². The summed E-state index contributed by atoms with van der Waals surface area (Å²) in [6.45, 7) is 3.48. The van der Waals surface area contributed by atoms with E-state index < -0.39 is 0 Å². The van der Waals surface area contributed by atoms with Gasteiger partial charge in [-0.05, 0) is 36.6 Å². The van der Waals surface area contributed by atoms with Gasteiger partial charge in [-0.15, -0.1) is 0 Å². The van der Waals surface area contributed by atoms with Crippen molar-refractivity contribution in [2.75, 3.05) is 13.1 Å². The first-order valence-electron chi connectivity index (χ1n) is 8.87. The van der Waals surface area contributed by atoms with Gasteiger partial charge in [-0.25, -0.2) is 4.39 Å². The molecular weight excluding hydrogens is 331 g/mol. The molecule has 1 atom stereocenters. The van der Waals surface area contributed by atoms with Crippen LogP contribution in [0.1, 0.15) is 23.1 Å². The molecule has 5 heteroatoms. The number of nitrogens with zero attached hydrogens (tertiary/aromatic N) is 1. The second-order valence-electron chi connectivity index (χ2n) is 6.82. The number of rotatable bonds is 6. The summed E-state index contributed by atoms with van der Waals surface area (Å²) in [6, 6.07) is 14.3. The average Bonchev–Trinajstić information content (AvgIpc) is 3.01. The summed E-state index contributed by atoms with van der Waals surface area (Å²) >= 11 is 0. The Kier molecular flexibility index (Phi) is 5.66. The second-order valence-corrected chi connectivity index (χ2v) is 6.82. The lowest BCUT2D eigenvalue weighted by molar-refractivity contribution is -0.129. The fourth-order valence-corrected chi connectivity index (χ4v) is 3.12. The predicted molar refractivity (Wildman–Crippen MR) is 97.8 cm³/mol. The Morgan fingerprint density at radius 2 is 1.77 bits per heavy atom. The van der Waals surface area contributed by atoms with Gasteiger partial charge in [0.15, 0.2) is 0 Å². The van der Waals surface area contributed by atoms with Gasteiger partial charge in [0.2, 0.25) is 11.8 Å². The van der Waals surface area contributed by atoms with Crippen LogP contribution in [-0.4, -0.2) is 29.8 Å². The number of hydrogen-bond acceptors (Lipinski definition) is 2. The molecular formula is C21H23FN2O2. The zero-order chi connectivity index (χ0) is 18.5. The van der Waals surface area contributed by atoms with E-state index in [-0.39, 0.29) is 30.0 Å². The third-order valence-corrected chi connectivity index (χ3v) is 4.76. The van der Waals surface area contributed by atoms with E-state index >= 15 is 0 Å². The van der Waals surface area contributed by atoms with Gasteiger partial charge < -0.3 is 10.2 Å². The highest BCUT2D eigenvalue weighted by Crippen LogP contribution is 2.19. The van der Waals surface area contributed by atoms with Crippen molar-refractivity contribution in [2.45, 2.75) is 26.3 Å². The third kappa shape index (κ3) is 4.69. The van der Waals surface area contributed by atoms with Crippen molar-refractivity contribution in [3.05, 3.63) is 71.0 Å². The number of nitrogens with one attached hydrogen (secondary N) is 1. The first-order chi connectivity index (χ1) is 12.5. The molecule has 1 saturated heterocycles. The maximum Gasteiger partial charge on any atom is 0.225 e. The first-order valence-corrected chi connectivity index (χ1v) is 8.87. The molecule has 136 valence electrons.